The van der Waals surface area contributed by atoms with Crippen LogP contribution in [0.4, 0.5) is 4.39 Å². The topological polar surface area (TPSA) is 75.6 Å². The number of carboxylic acid groups (broad SMARTS) is 1. The molecule has 1 saturated carbocycles. The van der Waals surface area contributed by atoms with Crippen molar-refractivity contribution >= 4 is 11.9 Å². The molecule has 0 heterocycles. The summed E-state index contributed by atoms with van der Waals surface area (Å²) in [6.07, 6.45) is 4.71. The van der Waals surface area contributed by atoms with Gasteiger partial charge in [0.2, 0.25) is 12.0 Å². The maximum atomic E-state index is 12.9. The molecule has 132 valence electrons. The van der Waals surface area contributed by atoms with Gasteiger partial charge in [-0.2, -0.15) is 0 Å². The Bertz CT molecular complexity index is 565. The summed E-state index contributed by atoms with van der Waals surface area (Å²) in [5.74, 6) is -1.48. The first-order valence-corrected chi connectivity index (χ1v) is 8.34. The van der Waals surface area contributed by atoms with Crippen molar-refractivity contribution in [2.45, 2.75) is 51.6 Å². The van der Waals surface area contributed by atoms with Gasteiger partial charge in [-0.1, -0.05) is 32.6 Å². The molecule has 0 radical (unpaired) electrons. The highest BCUT2D eigenvalue weighted by molar-refractivity contribution is 5.83. The second-order valence-corrected chi connectivity index (χ2v) is 6.58. The number of hydrogen-bond donors (Lipinski definition) is 2. The van der Waals surface area contributed by atoms with Crippen LogP contribution in [0.5, 0.6) is 5.75 Å². The lowest BCUT2D eigenvalue weighted by atomic mass is 9.81. The maximum absolute atomic E-state index is 12.9. The highest BCUT2D eigenvalue weighted by Crippen LogP contribution is 2.34. The van der Waals surface area contributed by atoms with Crippen LogP contribution in [0, 0.1) is 11.2 Å². The summed E-state index contributed by atoms with van der Waals surface area (Å²) in [6, 6.07) is 5.11. The predicted octanol–water partition coefficient (Wildman–Crippen LogP) is 3.13. The Morgan fingerprint density at radius 1 is 1.21 bits per heavy atom. The average Bonchev–Trinajstić information content (AvgIpc) is 2.78. The van der Waals surface area contributed by atoms with Crippen LogP contribution in [-0.2, 0) is 9.59 Å². The molecule has 1 aromatic carbocycles. The molecule has 0 saturated heterocycles. The summed E-state index contributed by atoms with van der Waals surface area (Å²) in [7, 11) is 0. The normalized spacial score (nSPS) is 18.2. The first-order chi connectivity index (χ1) is 11.4. The SMILES string of the molecule is CC1(C(=O)NCC(Oc2ccc(F)cc2)C(=O)O)CCCCCC1. The van der Waals surface area contributed by atoms with Gasteiger partial charge >= 0.3 is 5.97 Å². The van der Waals surface area contributed by atoms with Gasteiger partial charge in [0.1, 0.15) is 11.6 Å². The predicted molar refractivity (Wildman–Crippen MR) is 87.3 cm³/mol. The molecule has 2 N–H and O–H groups in total. The fraction of sp³-hybridized carbons (Fsp3) is 0.556. The van der Waals surface area contributed by atoms with Crippen LogP contribution in [0.25, 0.3) is 0 Å². The smallest absolute Gasteiger partial charge is 0.346 e. The zero-order valence-electron chi connectivity index (χ0n) is 13.9. The van der Waals surface area contributed by atoms with Crippen molar-refractivity contribution in [3.8, 4) is 5.75 Å². The first kappa shape index (κ1) is 18.2. The van der Waals surface area contributed by atoms with Gasteiger partial charge in [0.05, 0.1) is 6.54 Å². The third-order valence-electron chi connectivity index (χ3n) is 4.57. The molecule has 1 aliphatic rings. The molecule has 1 aliphatic carbocycles. The van der Waals surface area contributed by atoms with Crippen molar-refractivity contribution in [3.63, 3.8) is 0 Å². The number of ether oxygens (including phenoxy) is 1. The Balaban J connectivity index is 1.94. The van der Waals surface area contributed by atoms with Gasteiger partial charge in [-0.25, -0.2) is 9.18 Å². The minimum Gasteiger partial charge on any atom is -0.478 e. The van der Waals surface area contributed by atoms with E-state index in [1.807, 2.05) is 6.92 Å². The molecule has 24 heavy (non-hydrogen) atoms. The van der Waals surface area contributed by atoms with E-state index in [1.165, 1.54) is 24.3 Å². The van der Waals surface area contributed by atoms with Crippen molar-refractivity contribution in [3.05, 3.63) is 30.1 Å². The zero-order chi connectivity index (χ0) is 17.6. The molecule has 1 aromatic rings. The molecule has 0 spiro atoms. The Kier molecular flexibility index (Phi) is 6.17. The van der Waals surface area contributed by atoms with Crippen molar-refractivity contribution in [2.24, 2.45) is 5.41 Å². The standard InChI is InChI=1S/C18H24FNO4/c1-18(10-4-2-3-5-11-18)17(23)20-12-15(16(21)22)24-14-8-6-13(19)7-9-14/h6-9,15H,2-5,10-12H2,1H3,(H,20,23)(H,21,22). The second-order valence-electron chi connectivity index (χ2n) is 6.58. The van der Waals surface area contributed by atoms with Crippen LogP contribution in [0.3, 0.4) is 0 Å². The van der Waals surface area contributed by atoms with E-state index < -0.39 is 23.3 Å². The minimum absolute atomic E-state index is 0.124. The van der Waals surface area contributed by atoms with E-state index in [9.17, 15) is 19.1 Å². The van der Waals surface area contributed by atoms with Crippen molar-refractivity contribution in [1.29, 1.82) is 0 Å². The molecule has 0 aliphatic heterocycles. The molecule has 1 atom stereocenters. The van der Waals surface area contributed by atoms with E-state index in [0.29, 0.717) is 0 Å². The van der Waals surface area contributed by atoms with Gasteiger partial charge in [-0.15, -0.1) is 0 Å². The maximum Gasteiger partial charge on any atom is 0.346 e. The van der Waals surface area contributed by atoms with E-state index >= 15 is 0 Å². The monoisotopic (exact) mass is 337 g/mol. The molecular weight excluding hydrogens is 313 g/mol. The van der Waals surface area contributed by atoms with Gasteiger partial charge in [0.25, 0.3) is 0 Å². The largest absolute Gasteiger partial charge is 0.478 e. The molecule has 1 unspecified atom stereocenters. The highest BCUT2D eigenvalue weighted by Gasteiger charge is 2.34. The summed E-state index contributed by atoms with van der Waals surface area (Å²) in [5, 5.41) is 12.0. The van der Waals surface area contributed by atoms with Crippen molar-refractivity contribution < 1.29 is 23.8 Å². The molecule has 1 amide bonds. The Morgan fingerprint density at radius 2 is 1.79 bits per heavy atom. The first-order valence-electron chi connectivity index (χ1n) is 8.34. The summed E-state index contributed by atoms with van der Waals surface area (Å²) >= 11 is 0. The lowest BCUT2D eigenvalue weighted by molar-refractivity contribution is -0.145. The van der Waals surface area contributed by atoms with E-state index in [0.717, 1.165) is 38.5 Å². The summed E-state index contributed by atoms with van der Waals surface area (Å²) in [5.41, 5.74) is -0.449. The van der Waals surface area contributed by atoms with Gasteiger partial charge in [0, 0.05) is 5.41 Å². The van der Waals surface area contributed by atoms with Crippen molar-refractivity contribution in [2.75, 3.05) is 6.54 Å². The highest BCUT2D eigenvalue weighted by atomic mass is 19.1. The Hall–Kier alpha value is -2.11. The summed E-state index contributed by atoms with van der Waals surface area (Å²) in [6.45, 7) is 1.81. The van der Waals surface area contributed by atoms with Crippen LogP contribution in [0.15, 0.2) is 24.3 Å². The van der Waals surface area contributed by atoms with Gasteiger partial charge < -0.3 is 15.2 Å². The third-order valence-corrected chi connectivity index (χ3v) is 4.57. The molecule has 5 nitrogen and oxygen atoms in total. The fourth-order valence-electron chi connectivity index (χ4n) is 2.99. The number of carbonyl (C=O) groups excluding carboxylic acids is 1. The number of halogens is 1. The lowest BCUT2D eigenvalue weighted by Crippen LogP contribution is -2.45. The van der Waals surface area contributed by atoms with Crippen LogP contribution in [0.1, 0.15) is 45.4 Å². The number of hydrogen-bond acceptors (Lipinski definition) is 3. The summed E-state index contributed by atoms with van der Waals surface area (Å²) < 4.78 is 18.2. The fourth-order valence-corrected chi connectivity index (χ4v) is 2.99. The number of rotatable bonds is 6. The molecule has 1 fully saturated rings. The number of benzene rings is 1. The Morgan fingerprint density at radius 3 is 2.33 bits per heavy atom. The van der Waals surface area contributed by atoms with E-state index in [-0.39, 0.29) is 18.2 Å². The minimum atomic E-state index is -1.21. The molecule has 0 bridgehead atoms. The van der Waals surface area contributed by atoms with E-state index in [1.54, 1.807) is 0 Å². The second kappa shape index (κ2) is 8.13. The number of amides is 1. The van der Waals surface area contributed by atoms with Crippen LogP contribution in [-0.4, -0.2) is 29.6 Å². The van der Waals surface area contributed by atoms with E-state index in [2.05, 4.69) is 5.32 Å². The van der Waals surface area contributed by atoms with Gasteiger partial charge in [0.15, 0.2) is 0 Å². The quantitative estimate of drug-likeness (QED) is 0.782. The Labute approximate surface area is 141 Å². The number of nitrogens with one attached hydrogen (secondary N) is 1. The molecule has 6 heteroatoms. The van der Waals surface area contributed by atoms with E-state index in [4.69, 9.17) is 4.74 Å². The number of carboxylic acids is 1. The molecule has 2 rings (SSSR count). The van der Waals surface area contributed by atoms with Crippen LogP contribution < -0.4 is 10.1 Å². The summed E-state index contributed by atoms with van der Waals surface area (Å²) in [4.78, 5) is 23.8. The van der Waals surface area contributed by atoms with Crippen molar-refractivity contribution in [1.82, 2.24) is 5.32 Å². The molecular formula is C18H24FNO4. The van der Waals surface area contributed by atoms with Gasteiger partial charge in [-0.3, -0.25) is 4.79 Å². The van der Waals surface area contributed by atoms with Crippen LogP contribution in [0.2, 0.25) is 0 Å². The third kappa shape index (κ3) is 4.94. The number of aliphatic carboxylic acids is 1. The average molecular weight is 337 g/mol. The molecule has 0 aromatic heterocycles. The number of carbonyl (C=O) groups is 2. The van der Waals surface area contributed by atoms with Gasteiger partial charge in [-0.05, 0) is 37.1 Å². The zero-order valence-corrected chi connectivity index (χ0v) is 13.9. The van der Waals surface area contributed by atoms with Crippen LogP contribution >= 0.6 is 0 Å². The lowest BCUT2D eigenvalue weighted by Gasteiger charge is -2.27.